The second-order valence-electron chi connectivity index (χ2n) is 14.2. The normalized spacial score (nSPS) is 11.6. The van der Waals surface area contributed by atoms with E-state index in [1.807, 2.05) is 11.3 Å². The minimum absolute atomic E-state index is 1.09. The smallest absolute Gasteiger partial charge is 0.0541 e. The van der Waals surface area contributed by atoms with Gasteiger partial charge in [0.1, 0.15) is 0 Å². The minimum Gasteiger partial charge on any atom is -0.310 e. The lowest BCUT2D eigenvalue weighted by atomic mass is 9.98. The summed E-state index contributed by atoms with van der Waals surface area (Å²) in [6, 6.07) is 75.3. The van der Waals surface area contributed by atoms with Gasteiger partial charge < -0.3 is 9.47 Å². The fraction of sp³-hybridized carbons (Fsp3) is 0. The third kappa shape index (κ3) is 5.32. The number of aromatic nitrogens is 1. The van der Waals surface area contributed by atoms with Gasteiger partial charge in [-0.05, 0) is 94.2 Å². The number of hydrogen-bond acceptors (Lipinski definition) is 2. The molecule has 2 nitrogen and oxygen atoms in total. The molecule has 0 radical (unpaired) electrons. The molecule has 3 heteroatoms. The van der Waals surface area contributed by atoms with Gasteiger partial charge in [0.25, 0.3) is 0 Å². The van der Waals surface area contributed by atoms with Crippen molar-refractivity contribution in [3.63, 3.8) is 0 Å². The van der Waals surface area contributed by atoms with Gasteiger partial charge in [0, 0.05) is 53.6 Å². The van der Waals surface area contributed by atoms with Crippen LogP contribution in [0.15, 0.2) is 206 Å². The van der Waals surface area contributed by atoms with Gasteiger partial charge >= 0.3 is 0 Å². The Bertz CT molecular complexity index is 3190. The molecule has 2 aromatic heterocycles. The average molecular weight is 719 g/mol. The van der Waals surface area contributed by atoms with Crippen molar-refractivity contribution in [3.05, 3.63) is 206 Å². The highest BCUT2D eigenvalue weighted by molar-refractivity contribution is 7.25. The molecule has 0 saturated carbocycles. The number of rotatable bonds is 6. The Hall–Kier alpha value is -6.94. The van der Waals surface area contributed by atoms with Gasteiger partial charge in [0.15, 0.2) is 0 Å². The standard InChI is InChI=1S/C52H34N2S/c1-2-14-36-31-38(28-27-35(36)13-1)37-15-11-16-40(32-37)53(41-17-12-18-42(34-41)54-49-24-8-4-20-44(49)45-21-5-9-25-50(45)54)48-23-7-3-19-43(48)39-29-30-47-46-22-6-10-26-51(46)55-52(47)33-39/h1-34H. The van der Waals surface area contributed by atoms with Gasteiger partial charge in [-0.15, -0.1) is 11.3 Å². The minimum atomic E-state index is 1.09. The zero-order chi connectivity index (χ0) is 36.3. The summed E-state index contributed by atoms with van der Waals surface area (Å²) in [7, 11) is 0. The molecule has 0 fully saturated rings. The summed E-state index contributed by atoms with van der Waals surface area (Å²) < 4.78 is 5.02. The summed E-state index contributed by atoms with van der Waals surface area (Å²) in [6.45, 7) is 0. The molecule has 0 unspecified atom stereocenters. The predicted molar refractivity (Wildman–Crippen MR) is 237 cm³/mol. The number of para-hydroxylation sites is 3. The summed E-state index contributed by atoms with van der Waals surface area (Å²) in [4.78, 5) is 2.44. The SMILES string of the molecule is c1cc(-c2ccc3ccccc3c2)cc(N(c2cccc(-n3c4ccccc4c4ccccc43)c2)c2ccccc2-c2ccc3c(c2)sc2ccccc23)c1. The van der Waals surface area contributed by atoms with E-state index in [1.54, 1.807) is 0 Å². The first kappa shape index (κ1) is 31.6. The first-order valence-electron chi connectivity index (χ1n) is 18.8. The second kappa shape index (κ2) is 12.9. The number of anilines is 3. The fourth-order valence-electron chi connectivity index (χ4n) is 8.40. The highest BCUT2D eigenvalue weighted by atomic mass is 32.1. The van der Waals surface area contributed by atoms with Gasteiger partial charge in [0.2, 0.25) is 0 Å². The Kier molecular flexibility index (Phi) is 7.39. The van der Waals surface area contributed by atoms with Crippen LogP contribution in [0.25, 0.3) is 80.7 Å². The van der Waals surface area contributed by atoms with Crippen molar-refractivity contribution in [1.82, 2.24) is 4.57 Å². The van der Waals surface area contributed by atoms with Crippen molar-refractivity contribution in [1.29, 1.82) is 0 Å². The molecule has 0 aliphatic carbocycles. The summed E-state index contributed by atoms with van der Waals surface area (Å²) in [6.07, 6.45) is 0. The molecule has 9 aromatic carbocycles. The lowest BCUT2D eigenvalue weighted by molar-refractivity contribution is 1.17. The molecule has 0 aliphatic heterocycles. The Morgan fingerprint density at radius 3 is 1.82 bits per heavy atom. The van der Waals surface area contributed by atoms with Crippen molar-refractivity contribution in [3.8, 4) is 27.9 Å². The quantitative estimate of drug-likeness (QED) is 0.166. The summed E-state index contributed by atoms with van der Waals surface area (Å²) >= 11 is 1.86. The van der Waals surface area contributed by atoms with Crippen molar-refractivity contribution in [2.24, 2.45) is 0 Å². The Morgan fingerprint density at radius 2 is 0.982 bits per heavy atom. The molecule has 258 valence electrons. The third-order valence-electron chi connectivity index (χ3n) is 10.9. The topological polar surface area (TPSA) is 8.17 Å². The van der Waals surface area contributed by atoms with E-state index in [0.29, 0.717) is 0 Å². The highest BCUT2D eigenvalue weighted by Gasteiger charge is 2.20. The van der Waals surface area contributed by atoms with Gasteiger partial charge in [-0.2, -0.15) is 0 Å². The monoisotopic (exact) mass is 718 g/mol. The lowest BCUT2D eigenvalue weighted by Crippen LogP contribution is -2.12. The van der Waals surface area contributed by atoms with Crippen LogP contribution in [0.2, 0.25) is 0 Å². The van der Waals surface area contributed by atoms with E-state index in [1.165, 1.54) is 75.0 Å². The van der Waals surface area contributed by atoms with Crippen LogP contribution in [-0.2, 0) is 0 Å². The molecule has 55 heavy (non-hydrogen) atoms. The molecule has 11 aromatic rings. The summed E-state index contributed by atoms with van der Waals surface area (Å²) in [5, 5.41) is 7.62. The second-order valence-corrected chi connectivity index (χ2v) is 15.2. The molecule has 11 rings (SSSR count). The molecule has 2 heterocycles. The van der Waals surface area contributed by atoms with E-state index in [9.17, 15) is 0 Å². The van der Waals surface area contributed by atoms with Gasteiger partial charge in [0.05, 0.1) is 16.7 Å². The van der Waals surface area contributed by atoms with Crippen LogP contribution in [0.1, 0.15) is 0 Å². The third-order valence-corrected chi connectivity index (χ3v) is 12.1. The van der Waals surface area contributed by atoms with E-state index in [-0.39, 0.29) is 0 Å². The fourth-order valence-corrected chi connectivity index (χ4v) is 9.54. The summed E-state index contributed by atoms with van der Waals surface area (Å²) in [5.74, 6) is 0. The first-order chi connectivity index (χ1) is 27.3. The van der Waals surface area contributed by atoms with E-state index in [0.717, 1.165) is 22.7 Å². The Morgan fingerprint density at radius 1 is 0.364 bits per heavy atom. The Labute approximate surface area is 323 Å². The number of nitrogens with zero attached hydrogens (tertiary/aromatic N) is 2. The van der Waals surface area contributed by atoms with Crippen LogP contribution in [0.3, 0.4) is 0 Å². The lowest BCUT2D eigenvalue weighted by Gasteiger charge is -2.29. The van der Waals surface area contributed by atoms with Crippen LogP contribution in [0.4, 0.5) is 17.1 Å². The van der Waals surface area contributed by atoms with Crippen LogP contribution < -0.4 is 4.90 Å². The van der Waals surface area contributed by atoms with Crippen LogP contribution in [0, 0.1) is 0 Å². The largest absolute Gasteiger partial charge is 0.310 e. The average Bonchev–Trinajstić information content (AvgIpc) is 3.79. The maximum absolute atomic E-state index is 2.44. The van der Waals surface area contributed by atoms with Crippen molar-refractivity contribution in [2.75, 3.05) is 4.90 Å². The molecule has 0 N–H and O–H groups in total. The number of benzene rings is 9. The van der Waals surface area contributed by atoms with Crippen molar-refractivity contribution < 1.29 is 0 Å². The van der Waals surface area contributed by atoms with Gasteiger partial charge in [-0.1, -0.05) is 140 Å². The van der Waals surface area contributed by atoms with Crippen LogP contribution in [0.5, 0.6) is 0 Å². The molecule has 0 aliphatic rings. The van der Waals surface area contributed by atoms with Crippen LogP contribution >= 0.6 is 11.3 Å². The van der Waals surface area contributed by atoms with Crippen LogP contribution in [-0.4, -0.2) is 4.57 Å². The Balaban J connectivity index is 1.12. The van der Waals surface area contributed by atoms with E-state index in [2.05, 4.69) is 216 Å². The molecule has 0 amide bonds. The molecule has 0 spiro atoms. The van der Waals surface area contributed by atoms with Crippen molar-refractivity contribution >= 4 is 81.1 Å². The van der Waals surface area contributed by atoms with E-state index in [4.69, 9.17) is 0 Å². The zero-order valence-corrected chi connectivity index (χ0v) is 30.7. The highest BCUT2D eigenvalue weighted by Crippen LogP contribution is 2.45. The number of fused-ring (bicyclic) bond motifs is 7. The van der Waals surface area contributed by atoms with Gasteiger partial charge in [-0.3, -0.25) is 0 Å². The van der Waals surface area contributed by atoms with Crippen molar-refractivity contribution in [2.45, 2.75) is 0 Å². The zero-order valence-electron chi connectivity index (χ0n) is 29.9. The summed E-state index contributed by atoms with van der Waals surface area (Å²) in [5.41, 5.74) is 11.6. The predicted octanol–water partition coefficient (Wildman–Crippen LogP) is 15.1. The molecule has 0 saturated heterocycles. The number of hydrogen-bond donors (Lipinski definition) is 0. The number of thiophene rings is 1. The van der Waals surface area contributed by atoms with Gasteiger partial charge in [-0.25, -0.2) is 0 Å². The van der Waals surface area contributed by atoms with E-state index < -0.39 is 0 Å². The first-order valence-corrected chi connectivity index (χ1v) is 19.6. The molecule has 0 bridgehead atoms. The molecular formula is C52H34N2S. The molecule has 0 atom stereocenters. The molecular weight excluding hydrogens is 685 g/mol. The maximum atomic E-state index is 2.44. The van der Waals surface area contributed by atoms with E-state index >= 15 is 0 Å². The maximum Gasteiger partial charge on any atom is 0.0541 e.